The van der Waals surface area contributed by atoms with Gasteiger partial charge in [0.05, 0.1) is 6.10 Å². The molecule has 0 heterocycles. The monoisotopic (exact) mass is 254 g/mol. The van der Waals surface area contributed by atoms with E-state index in [4.69, 9.17) is 0 Å². The molecule has 0 amide bonds. The summed E-state index contributed by atoms with van der Waals surface area (Å²) >= 11 is 0. The largest absolute Gasteiger partial charge is 0.388 e. The molecule has 2 aromatic rings. The van der Waals surface area contributed by atoms with Crippen LogP contribution in [0.25, 0.3) is 0 Å². The van der Waals surface area contributed by atoms with Crippen LogP contribution in [0, 0.1) is 0 Å². The Balaban J connectivity index is 2.27. The van der Waals surface area contributed by atoms with Crippen LogP contribution in [-0.2, 0) is 6.42 Å². The number of hydrogen-bond donors (Lipinski definition) is 1. The van der Waals surface area contributed by atoms with Gasteiger partial charge in [0.2, 0.25) is 0 Å². The zero-order chi connectivity index (χ0) is 13.7. The van der Waals surface area contributed by atoms with Gasteiger partial charge in [0, 0.05) is 5.92 Å². The molecule has 19 heavy (non-hydrogen) atoms. The zero-order valence-corrected chi connectivity index (χ0v) is 11.7. The van der Waals surface area contributed by atoms with Gasteiger partial charge in [-0.3, -0.25) is 0 Å². The predicted octanol–water partition coefficient (Wildman–Crippen LogP) is 4.48. The summed E-state index contributed by atoms with van der Waals surface area (Å²) in [5.74, 6) is 0.160. The summed E-state index contributed by atoms with van der Waals surface area (Å²) < 4.78 is 0. The quantitative estimate of drug-likeness (QED) is 0.834. The van der Waals surface area contributed by atoms with Crippen LogP contribution in [0.2, 0.25) is 0 Å². The lowest BCUT2D eigenvalue weighted by molar-refractivity contribution is 0.142. The molecule has 1 N–H and O–H groups in total. The van der Waals surface area contributed by atoms with E-state index in [0.29, 0.717) is 0 Å². The molecule has 2 atom stereocenters. The highest BCUT2D eigenvalue weighted by molar-refractivity contribution is 5.29. The smallest absolute Gasteiger partial charge is 0.0858 e. The average Bonchev–Trinajstić information content (AvgIpc) is 2.49. The van der Waals surface area contributed by atoms with Crippen LogP contribution in [0.4, 0.5) is 0 Å². The molecule has 0 fully saturated rings. The van der Waals surface area contributed by atoms with Gasteiger partial charge in [-0.25, -0.2) is 0 Å². The standard InChI is InChI=1S/C18H22O/c1-3-14-9-8-12-16(13-14)18(19)17(4-2)15-10-6-5-7-11-15/h5-13,17-19H,3-4H2,1-2H3. The second-order valence-electron chi connectivity index (χ2n) is 4.97. The summed E-state index contributed by atoms with van der Waals surface area (Å²) in [4.78, 5) is 0. The maximum absolute atomic E-state index is 10.7. The van der Waals surface area contributed by atoms with Crippen molar-refractivity contribution in [1.82, 2.24) is 0 Å². The summed E-state index contributed by atoms with van der Waals surface area (Å²) in [6, 6.07) is 18.6. The number of aryl methyl sites for hydroxylation is 1. The van der Waals surface area contributed by atoms with Gasteiger partial charge in [0.1, 0.15) is 0 Å². The lowest BCUT2D eigenvalue weighted by Crippen LogP contribution is -2.10. The second kappa shape index (κ2) is 6.53. The van der Waals surface area contributed by atoms with Crippen LogP contribution >= 0.6 is 0 Å². The number of hydrogen-bond acceptors (Lipinski definition) is 1. The highest BCUT2D eigenvalue weighted by Gasteiger charge is 2.20. The van der Waals surface area contributed by atoms with Gasteiger partial charge < -0.3 is 5.11 Å². The average molecular weight is 254 g/mol. The van der Waals surface area contributed by atoms with Crippen LogP contribution in [-0.4, -0.2) is 5.11 Å². The van der Waals surface area contributed by atoms with E-state index in [1.54, 1.807) is 0 Å². The molecule has 0 aliphatic carbocycles. The van der Waals surface area contributed by atoms with E-state index in [1.807, 2.05) is 30.3 Å². The third-order valence-electron chi connectivity index (χ3n) is 3.75. The Bertz CT molecular complexity index is 504. The summed E-state index contributed by atoms with van der Waals surface area (Å²) in [6.07, 6.45) is 1.50. The number of rotatable bonds is 5. The van der Waals surface area contributed by atoms with Crippen molar-refractivity contribution in [2.75, 3.05) is 0 Å². The molecule has 0 bridgehead atoms. The van der Waals surface area contributed by atoms with Crippen LogP contribution in [0.15, 0.2) is 54.6 Å². The van der Waals surface area contributed by atoms with Gasteiger partial charge in [-0.1, -0.05) is 68.4 Å². The summed E-state index contributed by atoms with van der Waals surface area (Å²) in [5.41, 5.74) is 3.51. The van der Waals surface area contributed by atoms with E-state index < -0.39 is 6.10 Å². The molecule has 100 valence electrons. The summed E-state index contributed by atoms with van der Waals surface area (Å²) in [7, 11) is 0. The Labute approximate surface area is 115 Å². The number of benzene rings is 2. The molecule has 0 radical (unpaired) electrons. The van der Waals surface area contributed by atoms with Crippen molar-refractivity contribution in [3.8, 4) is 0 Å². The van der Waals surface area contributed by atoms with E-state index >= 15 is 0 Å². The third kappa shape index (κ3) is 3.24. The minimum Gasteiger partial charge on any atom is -0.388 e. The summed E-state index contributed by atoms with van der Waals surface area (Å²) in [5, 5.41) is 10.7. The van der Waals surface area contributed by atoms with E-state index in [1.165, 1.54) is 11.1 Å². The molecule has 1 heteroatoms. The predicted molar refractivity (Wildman–Crippen MR) is 80.3 cm³/mol. The van der Waals surface area contributed by atoms with Gasteiger partial charge in [0.25, 0.3) is 0 Å². The maximum Gasteiger partial charge on any atom is 0.0858 e. The maximum atomic E-state index is 10.7. The number of aliphatic hydroxyl groups is 1. The minimum absolute atomic E-state index is 0.160. The highest BCUT2D eigenvalue weighted by atomic mass is 16.3. The fourth-order valence-electron chi connectivity index (χ4n) is 2.57. The Hall–Kier alpha value is -1.60. The first kappa shape index (κ1) is 13.8. The van der Waals surface area contributed by atoms with Gasteiger partial charge >= 0.3 is 0 Å². The van der Waals surface area contributed by atoms with Crippen molar-refractivity contribution in [2.24, 2.45) is 0 Å². The van der Waals surface area contributed by atoms with Crippen LogP contribution < -0.4 is 0 Å². The SMILES string of the molecule is CCc1cccc(C(O)C(CC)c2ccccc2)c1. The van der Waals surface area contributed by atoms with Crippen LogP contribution in [0.5, 0.6) is 0 Å². The zero-order valence-electron chi connectivity index (χ0n) is 11.7. The van der Waals surface area contributed by atoms with Gasteiger partial charge in [-0.2, -0.15) is 0 Å². The number of aliphatic hydroxyl groups excluding tert-OH is 1. The first-order valence-corrected chi connectivity index (χ1v) is 7.08. The molecular weight excluding hydrogens is 232 g/mol. The van der Waals surface area contributed by atoms with Crippen molar-refractivity contribution < 1.29 is 5.11 Å². The van der Waals surface area contributed by atoms with Gasteiger partial charge in [0.15, 0.2) is 0 Å². The van der Waals surface area contributed by atoms with Crippen molar-refractivity contribution in [1.29, 1.82) is 0 Å². The van der Waals surface area contributed by atoms with Crippen LogP contribution in [0.1, 0.15) is 49.0 Å². The molecular formula is C18H22O. The van der Waals surface area contributed by atoms with Crippen molar-refractivity contribution in [3.05, 3.63) is 71.3 Å². The van der Waals surface area contributed by atoms with Crippen molar-refractivity contribution >= 4 is 0 Å². The first-order chi connectivity index (χ1) is 9.26. The molecule has 2 rings (SSSR count). The van der Waals surface area contributed by atoms with E-state index in [0.717, 1.165) is 18.4 Å². The molecule has 0 aliphatic heterocycles. The molecule has 2 aromatic carbocycles. The molecule has 0 saturated carbocycles. The fourth-order valence-corrected chi connectivity index (χ4v) is 2.57. The molecule has 0 saturated heterocycles. The topological polar surface area (TPSA) is 20.2 Å². The summed E-state index contributed by atoms with van der Waals surface area (Å²) in [6.45, 7) is 4.27. The molecule has 0 spiro atoms. The Morgan fingerprint density at radius 2 is 1.58 bits per heavy atom. The lowest BCUT2D eigenvalue weighted by Gasteiger charge is -2.23. The Kier molecular flexibility index (Phi) is 4.75. The molecule has 1 nitrogen and oxygen atoms in total. The first-order valence-electron chi connectivity index (χ1n) is 7.08. The van der Waals surface area contributed by atoms with Crippen molar-refractivity contribution in [3.63, 3.8) is 0 Å². The lowest BCUT2D eigenvalue weighted by atomic mass is 9.86. The third-order valence-corrected chi connectivity index (χ3v) is 3.75. The van der Waals surface area contributed by atoms with E-state index in [2.05, 4.69) is 38.1 Å². The normalized spacial score (nSPS) is 14.1. The van der Waals surface area contributed by atoms with Crippen LogP contribution in [0.3, 0.4) is 0 Å². The Morgan fingerprint density at radius 3 is 2.21 bits per heavy atom. The van der Waals surface area contributed by atoms with Gasteiger partial charge in [-0.15, -0.1) is 0 Å². The van der Waals surface area contributed by atoms with E-state index in [9.17, 15) is 5.11 Å². The van der Waals surface area contributed by atoms with Crippen molar-refractivity contribution in [2.45, 2.75) is 38.7 Å². The fraction of sp³-hybridized carbons (Fsp3) is 0.333. The van der Waals surface area contributed by atoms with E-state index in [-0.39, 0.29) is 5.92 Å². The Morgan fingerprint density at radius 1 is 0.895 bits per heavy atom. The molecule has 2 unspecified atom stereocenters. The molecule has 0 aliphatic rings. The van der Waals surface area contributed by atoms with Gasteiger partial charge in [-0.05, 0) is 29.5 Å². The second-order valence-corrected chi connectivity index (χ2v) is 4.97. The molecule has 0 aromatic heterocycles. The minimum atomic E-state index is -0.432. The highest BCUT2D eigenvalue weighted by Crippen LogP contribution is 2.33.